The number of rotatable bonds is 2. The maximum Gasteiger partial charge on any atom is 0.0417 e. The summed E-state index contributed by atoms with van der Waals surface area (Å²) >= 11 is 5.70. The third-order valence-corrected chi connectivity index (χ3v) is 3.09. The Morgan fingerprint density at radius 3 is 2.92 bits per heavy atom. The molecule has 1 atom stereocenters. The van der Waals surface area contributed by atoms with Gasteiger partial charge in [0.05, 0.1) is 0 Å². The van der Waals surface area contributed by atoms with E-state index in [9.17, 15) is 0 Å². The van der Waals surface area contributed by atoms with E-state index in [4.69, 9.17) is 12.2 Å². The number of halogens is 2. The summed E-state index contributed by atoms with van der Waals surface area (Å²) in [7, 11) is 0. The van der Waals surface area contributed by atoms with Crippen LogP contribution in [-0.2, 0) is 0 Å². The zero-order valence-electron chi connectivity index (χ0n) is 6.93. The van der Waals surface area contributed by atoms with E-state index in [1.165, 1.54) is 3.57 Å². The van der Waals surface area contributed by atoms with Gasteiger partial charge in [0.25, 0.3) is 0 Å². The smallest absolute Gasteiger partial charge is 0.0417 e. The van der Waals surface area contributed by atoms with E-state index in [0.29, 0.717) is 6.42 Å². The van der Waals surface area contributed by atoms with Crippen LogP contribution in [-0.4, -0.2) is 0 Å². The molecule has 1 nitrogen and oxygen atoms in total. The van der Waals surface area contributed by atoms with Crippen LogP contribution in [0.4, 0.5) is 0 Å². The van der Waals surface area contributed by atoms with Gasteiger partial charge in [-0.2, -0.15) is 0 Å². The van der Waals surface area contributed by atoms with E-state index in [0.717, 1.165) is 10.0 Å². The second-order valence-corrected chi connectivity index (χ2v) is 4.78. The first kappa shape index (κ1) is 11.0. The topological polar surface area (TPSA) is 26.0 Å². The molecule has 0 aliphatic heterocycles. The Kier molecular flexibility index (Phi) is 4.23. The minimum Gasteiger partial charge on any atom is -0.323 e. The van der Waals surface area contributed by atoms with Crippen LogP contribution in [0.25, 0.3) is 0 Å². The van der Waals surface area contributed by atoms with Crippen LogP contribution >= 0.6 is 38.5 Å². The molecule has 0 spiro atoms. The lowest BCUT2D eigenvalue weighted by Crippen LogP contribution is -2.10. The monoisotopic (exact) mass is 349 g/mol. The van der Waals surface area contributed by atoms with Gasteiger partial charge in [-0.05, 0) is 46.4 Å². The zero-order chi connectivity index (χ0) is 9.84. The molecule has 1 aromatic rings. The number of hydrogen-bond acceptors (Lipinski definition) is 1. The van der Waals surface area contributed by atoms with Crippen molar-refractivity contribution in [2.45, 2.75) is 12.5 Å². The molecule has 1 rings (SSSR count). The maximum absolute atomic E-state index is 5.90. The molecule has 2 N–H and O–H groups in total. The van der Waals surface area contributed by atoms with Gasteiger partial charge in [-0.1, -0.05) is 15.9 Å². The first-order chi connectivity index (χ1) is 6.15. The molecular weight excluding hydrogens is 341 g/mol. The van der Waals surface area contributed by atoms with Crippen molar-refractivity contribution >= 4 is 38.5 Å². The largest absolute Gasteiger partial charge is 0.323 e. The lowest BCUT2D eigenvalue weighted by Gasteiger charge is -2.11. The fraction of sp³-hybridized carbons (Fsp3) is 0.200. The molecule has 0 heterocycles. The molecule has 0 saturated heterocycles. The molecule has 68 valence electrons. The Labute approximate surface area is 100 Å². The molecule has 3 heteroatoms. The minimum atomic E-state index is -0.0749. The Bertz CT molecular complexity index is 343. The van der Waals surface area contributed by atoms with Crippen molar-refractivity contribution in [3.05, 3.63) is 31.8 Å². The maximum atomic E-state index is 5.90. The van der Waals surface area contributed by atoms with Gasteiger partial charge in [0, 0.05) is 20.5 Å². The molecule has 0 aliphatic rings. The van der Waals surface area contributed by atoms with E-state index >= 15 is 0 Å². The number of hydrogen-bond donors (Lipinski definition) is 1. The highest BCUT2D eigenvalue weighted by Crippen LogP contribution is 2.25. The molecular formula is C10H9BrIN. The van der Waals surface area contributed by atoms with Crippen LogP contribution in [0.2, 0.25) is 0 Å². The molecule has 0 saturated carbocycles. The number of nitrogens with two attached hydrogens (primary N) is 1. The van der Waals surface area contributed by atoms with Gasteiger partial charge in [0.15, 0.2) is 0 Å². The molecule has 1 aromatic carbocycles. The lowest BCUT2D eigenvalue weighted by molar-refractivity contribution is 0.750. The summed E-state index contributed by atoms with van der Waals surface area (Å²) in [6, 6.07) is 5.99. The average molecular weight is 350 g/mol. The van der Waals surface area contributed by atoms with E-state index in [-0.39, 0.29) is 6.04 Å². The van der Waals surface area contributed by atoms with E-state index < -0.39 is 0 Å². The zero-order valence-corrected chi connectivity index (χ0v) is 10.7. The second-order valence-electron chi connectivity index (χ2n) is 2.68. The fourth-order valence-electron chi connectivity index (χ4n) is 1.04. The van der Waals surface area contributed by atoms with Gasteiger partial charge in [0.2, 0.25) is 0 Å². The SMILES string of the molecule is C#CCC(N)c1cc(I)ccc1Br. The van der Waals surface area contributed by atoms with Gasteiger partial charge in [0.1, 0.15) is 0 Å². The van der Waals surface area contributed by atoms with Crippen LogP contribution < -0.4 is 5.73 Å². The van der Waals surface area contributed by atoms with Crippen molar-refractivity contribution in [3.8, 4) is 12.3 Å². The molecule has 0 fully saturated rings. The second kappa shape index (κ2) is 4.99. The standard InChI is InChI=1S/C10H9BrIN/c1-2-3-10(13)8-6-7(12)4-5-9(8)11/h1,4-6,10H,3,13H2. The van der Waals surface area contributed by atoms with Crippen LogP contribution in [0.1, 0.15) is 18.0 Å². The lowest BCUT2D eigenvalue weighted by atomic mass is 10.1. The van der Waals surface area contributed by atoms with Crippen molar-refractivity contribution in [1.29, 1.82) is 0 Å². The predicted octanol–water partition coefficient (Wildman–Crippen LogP) is 3.08. The van der Waals surface area contributed by atoms with Gasteiger partial charge in [-0.3, -0.25) is 0 Å². The van der Waals surface area contributed by atoms with E-state index in [1.54, 1.807) is 0 Å². The number of terminal acetylenes is 1. The molecule has 0 aromatic heterocycles. The van der Waals surface area contributed by atoms with Crippen molar-refractivity contribution in [2.24, 2.45) is 5.73 Å². The Balaban J connectivity index is 3.00. The highest BCUT2D eigenvalue weighted by Gasteiger charge is 2.08. The number of benzene rings is 1. The van der Waals surface area contributed by atoms with Crippen molar-refractivity contribution in [2.75, 3.05) is 0 Å². The summed E-state index contributed by atoms with van der Waals surface area (Å²) < 4.78 is 2.19. The summed E-state index contributed by atoms with van der Waals surface area (Å²) in [6.07, 6.45) is 5.78. The Morgan fingerprint density at radius 2 is 2.31 bits per heavy atom. The normalized spacial score (nSPS) is 12.2. The third kappa shape index (κ3) is 2.97. The Morgan fingerprint density at radius 1 is 1.62 bits per heavy atom. The van der Waals surface area contributed by atoms with Gasteiger partial charge in [-0.15, -0.1) is 12.3 Å². The Hall–Kier alpha value is -0.0500. The summed E-state index contributed by atoms with van der Waals surface area (Å²) in [5, 5.41) is 0. The van der Waals surface area contributed by atoms with Gasteiger partial charge in [-0.25, -0.2) is 0 Å². The van der Waals surface area contributed by atoms with Crippen LogP contribution in [0.3, 0.4) is 0 Å². The predicted molar refractivity (Wildman–Crippen MR) is 67.2 cm³/mol. The van der Waals surface area contributed by atoms with Crippen LogP contribution in [0.15, 0.2) is 22.7 Å². The first-order valence-corrected chi connectivity index (χ1v) is 5.66. The molecule has 0 bridgehead atoms. The molecule has 0 aliphatic carbocycles. The van der Waals surface area contributed by atoms with Gasteiger partial charge < -0.3 is 5.73 Å². The molecule has 13 heavy (non-hydrogen) atoms. The van der Waals surface area contributed by atoms with Crippen molar-refractivity contribution < 1.29 is 0 Å². The summed E-state index contributed by atoms with van der Waals surface area (Å²) in [5.41, 5.74) is 6.97. The first-order valence-electron chi connectivity index (χ1n) is 3.79. The minimum absolute atomic E-state index is 0.0749. The highest BCUT2D eigenvalue weighted by atomic mass is 127. The summed E-state index contributed by atoms with van der Waals surface area (Å²) in [4.78, 5) is 0. The average Bonchev–Trinajstić information content (AvgIpc) is 2.09. The van der Waals surface area contributed by atoms with Gasteiger partial charge >= 0.3 is 0 Å². The summed E-state index contributed by atoms with van der Waals surface area (Å²) in [6.45, 7) is 0. The quantitative estimate of drug-likeness (QED) is 0.644. The molecule has 0 amide bonds. The molecule has 0 radical (unpaired) electrons. The van der Waals surface area contributed by atoms with E-state index in [2.05, 4.69) is 44.4 Å². The van der Waals surface area contributed by atoms with Crippen molar-refractivity contribution in [1.82, 2.24) is 0 Å². The third-order valence-electron chi connectivity index (χ3n) is 1.70. The van der Waals surface area contributed by atoms with Crippen molar-refractivity contribution in [3.63, 3.8) is 0 Å². The van der Waals surface area contributed by atoms with Crippen LogP contribution in [0, 0.1) is 15.9 Å². The fourth-order valence-corrected chi connectivity index (χ4v) is 2.09. The summed E-state index contributed by atoms with van der Waals surface area (Å²) in [5.74, 6) is 2.56. The highest BCUT2D eigenvalue weighted by molar-refractivity contribution is 14.1. The molecule has 1 unspecified atom stereocenters. The van der Waals surface area contributed by atoms with Crippen LogP contribution in [0.5, 0.6) is 0 Å². The van der Waals surface area contributed by atoms with E-state index in [1.807, 2.05) is 18.2 Å².